The number of rotatable bonds is 7. The van der Waals surface area contributed by atoms with Crippen molar-refractivity contribution in [1.82, 2.24) is 21.3 Å². The number of hydrogen-bond donors (Lipinski definition) is 4. The highest BCUT2D eigenvalue weighted by Gasteiger charge is 2.21. The highest BCUT2D eigenvalue weighted by atomic mass is 16.6. The number of carbonyl (C=O) groups excluding carboxylic acids is 2. The highest BCUT2D eigenvalue weighted by molar-refractivity contribution is 5.79. The Kier molecular flexibility index (Phi) is 10.7. The first kappa shape index (κ1) is 25.8. The minimum absolute atomic E-state index is 0.131. The van der Waals surface area contributed by atoms with Gasteiger partial charge < -0.3 is 30.7 Å². The summed E-state index contributed by atoms with van der Waals surface area (Å²) in [6, 6.07) is -0.131. The van der Waals surface area contributed by atoms with Crippen LogP contribution in [-0.2, 0) is 9.47 Å². The largest absolute Gasteiger partial charge is 0.444 e. The predicted octanol–water partition coefficient (Wildman–Crippen LogP) is 2.23. The van der Waals surface area contributed by atoms with Crippen molar-refractivity contribution in [3.05, 3.63) is 0 Å². The molecule has 0 aliphatic rings. The van der Waals surface area contributed by atoms with E-state index in [9.17, 15) is 9.59 Å². The lowest BCUT2D eigenvalue weighted by Crippen LogP contribution is -2.50. The zero-order chi connectivity index (χ0) is 22.0. The van der Waals surface area contributed by atoms with Gasteiger partial charge in [-0.25, -0.2) is 9.59 Å². The Bertz CT molecular complexity index is 521. The van der Waals surface area contributed by atoms with Crippen molar-refractivity contribution in [3.63, 3.8) is 0 Å². The summed E-state index contributed by atoms with van der Waals surface area (Å²) < 4.78 is 10.5. The lowest BCUT2D eigenvalue weighted by atomic mass is 10.0. The molecule has 0 radical (unpaired) electrons. The van der Waals surface area contributed by atoms with E-state index in [2.05, 4.69) is 26.3 Å². The molecule has 1 atom stereocenters. The zero-order valence-corrected chi connectivity index (χ0v) is 18.9. The normalized spacial score (nSPS) is 13.6. The zero-order valence-electron chi connectivity index (χ0n) is 18.9. The van der Waals surface area contributed by atoms with Crippen LogP contribution in [0.25, 0.3) is 0 Å². The summed E-state index contributed by atoms with van der Waals surface area (Å²) in [6.07, 6.45) is -0.906. The molecule has 0 aliphatic carbocycles. The number of guanidine groups is 1. The molecule has 0 aromatic rings. The molecule has 1 unspecified atom stereocenters. The molecule has 28 heavy (non-hydrogen) atoms. The van der Waals surface area contributed by atoms with Gasteiger partial charge in [0.1, 0.15) is 11.2 Å². The molecule has 0 aliphatic heterocycles. The van der Waals surface area contributed by atoms with Crippen LogP contribution in [0.3, 0.4) is 0 Å². The van der Waals surface area contributed by atoms with Crippen LogP contribution >= 0.6 is 0 Å². The third kappa shape index (κ3) is 13.9. The van der Waals surface area contributed by atoms with Crippen molar-refractivity contribution in [1.29, 1.82) is 0 Å². The van der Waals surface area contributed by atoms with Crippen LogP contribution in [0.4, 0.5) is 9.59 Å². The van der Waals surface area contributed by atoms with Crippen LogP contribution < -0.4 is 21.3 Å². The number of alkyl carbamates (subject to hydrolysis) is 2. The van der Waals surface area contributed by atoms with E-state index in [1.54, 1.807) is 7.05 Å². The first-order chi connectivity index (χ1) is 12.7. The second-order valence-corrected chi connectivity index (χ2v) is 8.81. The van der Waals surface area contributed by atoms with Gasteiger partial charge in [-0.3, -0.25) is 4.99 Å². The molecule has 0 spiro atoms. The van der Waals surface area contributed by atoms with Crippen molar-refractivity contribution in [3.8, 4) is 0 Å². The Morgan fingerprint density at radius 1 is 0.857 bits per heavy atom. The van der Waals surface area contributed by atoms with Gasteiger partial charge in [0.05, 0.1) is 6.04 Å². The average molecular weight is 402 g/mol. The Morgan fingerprint density at radius 2 is 1.36 bits per heavy atom. The molecule has 4 N–H and O–H groups in total. The Morgan fingerprint density at radius 3 is 1.82 bits per heavy atom. The minimum Gasteiger partial charge on any atom is -0.444 e. The van der Waals surface area contributed by atoms with Gasteiger partial charge in [0, 0.05) is 26.7 Å². The van der Waals surface area contributed by atoms with Crippen LogP contribution in [-0.4, -0.2) is 62.1 Å². The predicted molar refractivity (Wildman–Crippen MR) is 112 cm³/mol. The number of aliphatic imine (C=N–C) groups is 1. The second-order valence-electron chi connectivity index (χ2n) is 8.81. The fourth-order valence-corrected chi connectivity index (χ4v) is 2.00. The van der Waals surface area contributed by atoms with Crippen molar-refractivity contribution >= 4 is 18.1 Å². The molecule has 0 aromatic carbocycles. The molecule has 0 aromatic heterocycles. The first-order valence-electron chi connectivity index (χ1n) is 9.64. The molecule has 0 saturated carbocycles. The van der Waals surface area contributed by atoms with Crippen LogP contribution in [0, 0.1) is 5.92 Å². The summed E-state index contributed by atoms with van der Waals surface area (Å²) in [5.41, 5.74) is -1.07. The topological polar surface area (TPSA) is 113 Å². The number of nitrogens with zero attached hydrogens (tertiary/aromatic N) is 1. The van der Waals surface area contributed by atoms with Crippen LogP contribution in [0.15, 0.2) is 4.99 Å². The number of hydrogen-bond acceptors (Lipinski definition) is 5. The maximum atomic E-state index is 12.0. The van der Waals surface area contributed by atoms with Crippen LogP contribution in [0.1, 0.15) is 55.4 Å². The molecule has 9 heteroatoms. The summed E-state index contributed by atoms with van der Waals surface area (Å²) in [7, 11) is 1.66. The van der Waals surface area contributed by atoms with Crippen LogP contribution in [0.2, 0.25) is 0 Å². The second kappa shape index (κ2) is 11.6. The SMILES string of the molecule is CN=C(NCCNC(=O)OC(C)(C)C)NCC(NC(=O)OC(C)(C)C)C(C)C. The molecular weight excluding hydrogens is 362 g/mol. The Balaban J connectivity index is 4.34. The lowest BCUT2D eigenvalue weighted by Gasteiger charge is -2.26. The number of ether oxygens (including phenoxy) is 2. The number of amides is 2. The van der Waals surface area contributed by atoms with E-state index in [1.165, 1.54) is 0 Å². The van der Waals surface area contributed by atoms with Gasteiger partial charge in [-0.1, -0.05) is 13.8 Å². The van der Waals surface area contributed by atoms with E-state index < -0.39 is 23.4 Å². The quantitative estimate of drug-likeness (QED) is 0.296. The van der Waals surface area contributed by atoms with Gasteiger partial charge >= 0.3 is 12.2 Å². The molecule has 2 amide bonds. The molecule has 0 rings (SSSR count). The Labute approximate surface area is 169 Å². The third-order valence-corrected chi connectivity index (χ3v) is 3.31. The smallest absolute Gasteiger partial charge is 0.407 e. The molecule has 0 heterocycles. The molecule has 0 saturated heterocycles. The van der Waals surface area contributed by atoms with E-state index in [0.29, 0.717) is 25.6 Å². The third-order valence-electron chi connectivity index (χ3n) is 3.31. The minimum atomic E-state index is -0.544. The lowest BCUT2D eigenvalue weighted by molar-refractivity contribution is 0.0488. The van der Waals surface area contributed by atoms with E-state index >= 15 is 0 Å². The number of nitrogens with one attached hydrogen (secondary N) is 4. The molecule has 164 valence electrons. The van der Waals surface area contributed by atoms with Crippen LogP contribution in [0.5, 0.6) is 0 Å². The fourth-order valence-electron chi connectivity index (χ4n) is 2.00. The van der Waals surface area contributed by atoms with Gasteiger partial charge in [-0.2, -0.15) is 0 Å². The standard InChI is InChI=1S/C19H39N5O4/c1-13(2)14(24-17(26)28-19(6,7)8)12-23-15(20-9)21-10-11-22-16(25)27-18(3,4)5/h13-14H,10-12H2,1-9H3,(H,22,25)(H,24,26)(H2,20,21,23). The Hall–Kier alpha value is -2.19. The molecule has 0 fully saturated rings. The van der Waals surface area contributed by atoms with Crippen molar-refractivity contribution in [2.75, 3.05) is 26.7 Å². The van der Waals surface area contributed by atoms with Gasteiger partial charge in [0.25, 0.3) is 0 Å². The average Bonchev–Trinajstić information content (AvgIpc) is 2.49. The van der Waals surface area contributed by atoms with Gasteiger partial charge in [0.2, 0.25) is 0 Å². The summed E-state index contributed by atoms with van der Waals surface area (Å²) in [6.45, 7) is 16.3. The molecular formula is C19H39N5O4. The molecule has 9 nitrogen and oxygen atoms in total. The fraction of sp³-hybridized carbons (Fsp3) is 0.842. The monoisotopic (exact) mass is 401 g/mol. The number of carbonyl (C=O) groups is 2. The van der Waals surface area contributed by atoms with Crippen molar-refractivity contribution < 1.29 is 19.1 Å². The first-order valence-corrected chi connectivity index (χ1v) is 9.64. The van der Waals surface area contributed by atoms with Gasteiger partial charge in [-0.15, -0.1) is 0 Å². The summed E-state index contributed by atoms with van der Waals surface area (Å²) in [5.74, 6) is 0.773. The maximum absolute atomic E-state index is 12.0. The van der Waals surface area contributed by atoms with Gasteiger partial charge in [0.15, 0.2) is 5.96 Å². The van der Waals surface area contributed by atoms with E-state index in [-0.39, 0.29) is 12.0 Å². The summed E-state index contributed by atoms with van der Waals surface area (Å²) >= 11 is 0. The maximum Gasteiger partial charge on any atom is 0.407 e. The van der Waals surface area contributed by atoms with Crippen molar-refractivity contribution in [2.45, 2.75) is 72.6 Å². The summed E-state index contributed by atoms with van der Waals surface area (Å²) in [4.78, 5) is 27.7. The van der Waals surface area contributed by atoms with E-state index in [0.717, 1.165) is 0 Å². The molecule has 0 bridgehead atoms. The highest BCUT2D eigenvalue weighted by Crippen LogP contribution is 2.08. The van der Waals surface area contributed by atoms with Crippen molar-refractivity contribution in [2.24, 2.45) is 10.9 Å². The van der Waals surface area contributed by atoms with E-state index in [4.69, 9.17) is 9.47 Å². The van der Waals surface area contributed by atoms with E-state index in [1.807, 2.05) is 55.4 Å². The summed E-state index contributed by atoms with van der Waals surface area (Å²) in [5, 5.41) is 11.8. The van der Waals surface area contributed by atoms with Gasteiger partial charge in [-0.05, 0) is 47.5 Å².